The maximum absolute atomic E-state index is 9.73. The molecule has 96 valence electrons. The smallest absolute Gasteiger partial charge is 0.0947 e. The van der Waals surface area contributed by atoms with E-state index in [4.69, 9.17) is 9.15 Å². The van der Waals surface area contributed by atoms with E-state index in [1.54, 1.807) is 12.5 Å². The summed E-state index contributed by atoms with van der Waals surface area (Å²) in [5.74, 6) is 0. The molecule has 1 fully saturated rings. The molecule has 1 unspecified atom stereocenters. The lowest BCUT2D eigenvalue weighted by molar-refractivity contribution is -0.00550. The molecule has 0 aliphatic heterocycles. The summed E-state index contributed by atoms with van der Waals surface area (Å²) in [6.45, 7) is 1.71. The fourth-order valence-corrected chi connectivity index (χ4v) is 2.14. The van der Waals surface area contributed by atoms with Gasteiger partial charge in [0.05, 0.1) is 31.3 Å². The molecule has 1 heterocycles. The van der Waals surface area contributed by atoms with Crippen molar-refractivity contribution in [3.05, 3.63) is 24.2 Å². The molecule has 17 heavy (non-hydrogen) atoms. The van der Waals surface area contributed by atoms with Crippen LogP contribution in [-0.4, -0.2) is 30.5 Å². The minimum absolute atomic E-state index is 0.374. The van der Waals surface area contributed by atoms with Crippen LogP contribution in [0.15, 0.2) is 23.0 Å². The first kappa shape index (κ1) is 12.6. The van der Waals surface area contributed by atoms with Crippen LogP contribution in [0.3, 0.4) is 0 Å². The Labute approximate surface area is 102 Å². The van der Waals surface area contributed by atoms with E-state index in [0.29, 0.717) is 19.3 Å². The number of furan rings is 1. The third kappa shape index (κ3) is 4.50. The van der Waals surface area contributed by atoms with Crippen LogP contribution < -0.4 is 5.32 Å². The summed E-state index contributed by atoms with van der Waals surface area (Å²) < 4.78 is 10.6. The van der Waals surface area contributed by atoms with Gasteiger partial charge in [0.1, 0.15) is 0 Å². The van der Waals surface area contributed by atoms with E-state index < -0.39 is 6.10 Å². The Balaban J connectivity index is 1.52. The molecule has 0 radical (unpaired) electrons. The van der Waals surface area contributed by atoms with Crippen molar-refractivity contribution in [2.24, 2.45) is 0 Å². The maximum Gasteiger partial charge on any atom is 0.0947 e. The largest absolute Gasteiger partial charge is 0.472 e. The summed E-state index contributed by atoms with van der Waals surface area (Å²) in [5, 5.41) is 12.9. The van der Waals surface area contributed by atoms with E-state index in [-0.39, 0.29) is 0 Å². The van der Waals surface area contributed by atoms with Crippen molar-refractivity contribution in [3.8, 4) is 0 Å². The number of ether oxygens (including phenoxy) is 1. The first-order valence-electron chi connectivity index (χ1n) is 6.36. The monoisotopic (exact) mass is 239 g/mol. The molecule has 4 heteroatoms. The average Bonchev–Trinajstić information content (AvgIpc) is 2.99. The topological polar surface area (TPSA) is 54.6 Å². The molecule has 2 N–H and O–H groups in total. The highest BCUT2D eigenvalue weighted by atomic mass is 16.5. The molecule has 0 aromatic carbocycles. The number of nitrogens with one attached hydrogen (secondary N) is 1. The van der Waals surface area contributed by atoms with Gasteiger partial charge in [0, 0.05) is 18.7 Å². The Morgan fingerprint density at radius 2 is 2.29 bits per heavy atom. The van der Waals surface area contributed by atoms with Gasteiger partial charge >= 0.3 is 0 Å². The van der Waals surface area contributed by atoms with Gasteiger partial charge in [0.15, 0.2) is 0 Å². The second kappa shape index (κ2) is 6.79. The number of hydrogen-bond acceptors (Lipinski definition) is 4. The normalized spacial score (nSPS) is 18.6. The van der Waals surface area contributed by atoms with E-state index >= 15 is 0 Å². The van der Waals surface area contributed by atoms with Crippen molar-refractivity contribution in [1.29, 1.82) is 0 Å². The highest BCUT2D eigenvalue weighted by Gasteiger charge is 2.16. The van der Waals surface area contributed by atoms with Crippen molar-refractivity contribution in [2.45, 2.75) is 44.4 Å². The molecule has 1 aliphatic carbocycles. The maximum atomic E-state index is 9.73. The number of aliphatic hydroxyl groups is 1. The second-order valence-corrected chi connectivity index (χ2v) is 4.66. The van der Waals surface area contributed by atoms with Crippen LogP contribution in [-0.2, 0) is 11.3 Å². The van der Waals surface area contributed by atoms with Crippen LogP contribution in [0, 0.1) is 0 Å². The number of hydrogen-bond donors (Lipinski definition) is 2. The van der Waals surface area contributed by atoms with Crippen molar-refractivity contribution in [2.75, 3.05) is 13.2 Å². The van der Waals surface area contributed by atoms with Crippen molar-refractivity contribution >= 4 is 0 Å². The van der Waals surface area contributed by atoms with Gasteiger partial charge in [-0.05, 0) is 18.9 Å². The molecule has 1 aromatic heterocycles. The minimum atomic E-state index is -0.428. The van der Waals surface area contributed by atoms with Gasteiger partial charge in [0.2, 0.25) is 0 Å². The van der Waals surface area contributed by atoms with Crippen LogP contribution in [0.5, 0.6) is 0 Å². The second-order valence-electron chi connectivity index (χ2n) is 4.66. The molecule has 0 bridgehead atoms. The summed E-state index contributed by atoms with van der Waals surface area (Å²) in [6.07, 6.45) is 8.12. The zero-order valence-electron chi connectivity index (χ0n) is 10.1. The zero-order valence-corrected chi connectivity index (χ0v) is 10.1. The van der Waals surface area contributed by atoms with Gasteiger partial charge < -0.3 is 19.6 Å². The molecule has 1 atom stereocenters. The SMILES string of the molecule is OC(CNCc1ccoc1)COC1CCCC1. The number of rotatable bonds is 7. The van der Waals surface area contributed by atoms with Gasteiger partial charge in [-0.2, -0.15) is 0 Å². The predicted octanol–water partition coefficient (Wildman–Crippen LogP) is 1.69. The lowest BCUT2D eigenvalue weighted by Crippen LogP contribution is -2.31. The summed E-state index contributed by atoms with van der Waals surface area (Å²) in [6, 6.07) is 1.91. The molecular formula is C13H21NO3. The van der Waals surface area contributed by atoms with Gasteiger partial charge in [-0.3, -0.25) is 0 Å². The van der Waals surface area contributed by atoms with Gasteiger partial charge in [-0.25, -0.2) is 0 Å². The fraction of sp³-hybridized carbons (Fsp3) is 0.692. The summed E-state index contributed by atoms with van der Waals surface area (Å²) in [5.41, 5.74) is 1.09. The van der Waals surface area contributed by atoms with Gasteiger partial charge in [0.25, 0.3) is 0 Å². The van der Waals surface area contributed by atoms with Crippen molar-refractivity contribution in [1.82, 2.24) is 5.32 Å². The molecule has 2 rings (SSSR count). The fourth-order valence-electron chi connectivity index (χ4n) is 2.14. The van der Waals surface area contributed by atoms with Crippen LogP contribution in [0.4, 0.5) is 0 Å². The Bertz CT molecular complexity index is 294. The summed E-state index contributed by atoms with van der Waals surface area (Å²) >= 11 is 0. The lowest BCUT2D eigenvalue weighted by atomic mass is 10.3. The summed E-state index contributed by atoms with van der Waals surface area (Å²) in [4.78, 5) is 0. The summed E-state index contributed by atoms with van der Waals surface area (Å²) in [7, 11) is 0. The Morgan fingerprint density at radius 3 is 3.00 bits per heavy atom. The quantitative estimate of drug-likeness (QED) is 0.760. The molecular weight excluding hydrogens is 218 g/mol. The molecule has 4 nitrogen and oxygen atoms in total. The lowest BCUT2D eigenvalue weighted by Gasteiger charge is -2.15. The minimum Gasteiger partial charge on any atom is -0.472 e. The first-order chi connectivity index (χ1) is 8.34. The van der Waals surface area contributed by atoms with Crippen LogP contribution in [0.25, 0.3) is 0 Å². The van der Waals surface area contributed by atoms with Crippen LogP contribution >= 0.6 is 0 Å². The Kier molecular flexibility index (Phi) is 5.04. The zero-order chi connectivity index (χ0) is 11.9. The molecule has 1 saturated carbocycles. The van der Waals surface area contributed by atoms with E-state index in [1.807, 2.05) is 6.07 Å². The highest BCUT2D eigenvalue weighted by molar-refractivity contribution is 5.04. The van der Waals surface area contributed by atoms with E-state index in [1.165, 1.54) is 12.8 Å². The van der Waals surface area contributed by atoms with Crippen LogP contribution in [0.2, 0.25) is 0 Å². The molecule has 0 spiro atoms. The van der Waals surface area contributed by atoms with Gasteiger partial charge in [-0.15, -0.1) is 0 Å². The molecule has 0 amide bonds. The van der Waals surface area contributed by atoms with Crippen molar-refractivity contribution < 1.29 is 14.3 Å². The molecule has 0 saturated heterocycles. The van der Waals surface area contributed by atoms with E-state index in [9.17, 15) is 5.11 Å². The van der Waals surface area contributed by atoms with E-state index in [2.05, 4.69) is 5.32 Å². The highest BCUT2D eigenvalue weighted by Crippen LogP contribution is 2.20. The molecule has 1 aromatic rings. The predicted molar refractivity (Wildman–Crippen MR) is 64.6 cm³/mol. The Hall–Kier alpha value is -0.840. The number of aliphatic hydroxyl groups excluding tert-OH is 1. The van der Waals surface area contributed by atoms with Crippen LogP contribution in [0.1, 0.15) is 31.2 Å². The van der Waals surface area contributed by atoms with E-state index in [0.717, 1.165) is 24.9 Å². The third-order valence-corrected chi connectivity index (χ3v) is 3.12. The Morgan fingerprint density at radius 1 is 1.47 bits per heavy atom. The van der Waals surface area contributed by atoms with Crippen molar-refractivity contribution in [3.63, 3.8) is 0 Å². The molecule has 1 aliphatic rings. The average molecular weight is 239 g/mol. The first-order valence-corrected chi connectivity index (χ1v) is 6.36. The standard InChI is InChI=1S/C13H21NO3/c15-12(10-17-13-3-1-2-4-13)8-14-7-11-5-6-16-9-11/h5-6,9,12-15H,1-4,7-8,10H2. The third-order valence-electron chi connectivity index (χ3n) is 3.12. The van der Waals surface area contributed by atoms with Gasteiger partial charge in [-0.1, -0.05) is 12.8 Å².